The summed E-state index contributed by atoms with van der Waals surface area (Å²) in [6, 6.07) is 11.6. The molecule has 31 heavy (non-hydrogen) atoms. The van der Waals surface area contributed by atoms with Crippen LogP contribution in [-0.2, 0) is 17.9 Å². The molecule has 3 heterocycles. The fraction of sp³-hybridized carbons (Fsp3) is 0.409. The Hall–Kier alpha value is -2.91. The van der Waals surface area contributed by atoms with Crippen LogP contribution < -0.4 is 4.74 Å². The van der Waals surface area contributed by atoms with Crippen LogP contribution in [0.4, 0.5) is 0 Å². The second-order valence-electron chi connectivity index (χ2n) is 7.45. The van der Waals surface area contributed by atoms with Crippen LogP contribution in [0.3, 0.4) is 0 Å². The van der Waals surface area contributed by atoms with Gasteiger partial charge in [0.2, 0.25) is 5.91 Å². The summed E-state index contributed by atoms with van der Waals surface area (Å²) in [5, 5.41) is 7.21. The number of hydrogen-bond donors (Lipinski definition) is 1. The molecule has 2 aromatic heterocycles. The Morgan fingerprint density at radius 1 is 1.19 bits per heavy atom. The van der Waals surface area contributed by atoms with Crippen molar-refractivity contribution in [1.82, 2.24) is 24.6 Å². The third kappa shape index (κ3) is 5.23. The van der Waals surface area contributed by atoms with Gasteiger partial charge in [0.25, 0.3) is 0 Å². The number of rotatable bonds is 8. The van der Waals surface area contributed by atoms with E-state index >= 15 is 0 Å². The summed E-state index contributed by atoms with van der Waals surface area (Å²) in [5.74, 6) is 2.63. The molecule has 3 aromatic rings. The number of nitrogens with one attached hydrogen (secondary N) is 1. The number of nitrogens with zero attached hydrogens (tertiary/aromatic N) is 4. The second kappa shape index (κ2) is 9.93. The number of aromatic nitrogens is 3. The molecule has 1 fully saturated rings. The van der Waals surface area contributed by atoms with Gasteiger partial charge in [0.05, 0.1) is 19.4 Å². The minimum Gasteiger partial charge on any atom is -0.494 e. The lowest BCUT2D eigenvalue weighted by Gasteiger charge is -2.34. The van der Waals surface area contributed by atoms with Crippen LogP contribution in [0.2, 0.25) is 0 Å². The zero-order valence-corrected chi connectivity index (χ0v) is 18.4. The Morgan fingerprint density at radius 2 is 1.97 bits per heavy atom. The molecule has 0 unspecified atom stereocenters. The third-order valence-corrected chi connectivity index (χ3v) is 5.73. The number of H-pyrrole nitrogens is 1. The SMILES string of the molecule is CCOc1ccc(-c2n[nH]c(=S)n2CCC(=O)N2CCN(Cc3ccco3)CC2)cc1. The maximum atomic E-state index is 12.8. The van der Waals surface area contributed by atoms with E-state index in [1.165, 1.54) is 0 Å². The van der Waals surface area contributed by atoms with Gasteiger partial charge in [-0.2, -0.15) is 5.10 Å². The van der Waals surface area contributed by atoms with Gasteiger partial charge in [-0.3, -0.25) is 19.4 Å². The van der Waals surface area contributed by atoms with E-state index in [0.717, 1.165) is 55.6 Å². The number of aromatic amines is 1. The van der Waals surface area contributed by atoms with Crippen molar-refractivity contribution in [3.8, 4) is 17.1 Å². The highest BCUT2D eigenvalue weighted by atomic mass is 32.1. The van der Waals surface area contributed by atoms with Crippen molar-refractivity contribution in [2.45, 2.75) is 26.4 Å². The van der Waals surface area contributed by atoms with Gasteiger partial charge in [0, 0.05) is 44.7 Å². The molecule has 0 aliphatic carbocycles. The van der Waals surface area contributed by atoms with Crippen molar-refractivity contribution < 1.29 is 13.9 Å². The van der Waals surface area contributed by atoms with E-state index in [1.807, 2.05) is 52.8 Å². The molecule has 0 atom stereocenters. The summed E-state index contributed by atoms with van der Waals surface area (Å²) in [5.41, 5.74) is 0.926. The van der Waals surface area contributed by atoms with Gasteiger partial charge in [0.1, 0.15) is 11.5 Å². The number of hydrogen-bond acceptors (Lipinski definition) is 6. The lowest BCUT2D eigenvalue weighted by molar-refractivity contribution is -0.133. The molecule has 4 rings (SSSR count). The van der Waals surface area contributed by atoms with Crippen LogP contribution in [0.25, 0.3) is 11.4 Å². The first kappa shape index (κ1) is 21.3. The van der Waals surface area contributed by atoms with E-state index in [1.54, 1.807) is 6.26 Å². The molecule has 0 bridgehead atoms. The normalized spacial score (nSPS) is 14.7. The molecule has 0 saturated carbocycles. The van der Waals surface area contributed by atoms with E-state index in [9.17, 15) is 4.79 Å². The smallest absolute Gasteiger partial charge is 0.224 e. The Labute approximate surface area is 186 Å². The van der Waals surface area contributed by atoms with E-state index in [4.69, 9.17) is 21.4 Å². The predicted octanol–water partition coefficient (Wildman–Crippen LogP) is 3.33. The zero-order chi connectivity index (χ0) is 21.6. The maximum absolute atomic E-state index is 12.8. The standard InChI is InChI=1S/C22H27N5O3S/c1-2-29-18-7-5-17(6-8-18)21-23-24-22(31)27(21)10-9-20(28)26-13-11-25(12-14-26)16-19-4-3-15-30-19/h3-8,15H,2,9-14,16H2,1H3,(H,24,31). The van der Waals surface area contributed by atoms with Crippen molar-refractivity contribution >= 4 is 18.1 Å². The van der Waals surface area contributed by atoms with E-state index in [2.05, 4.69) is 15.1 Å². The topological polar surface area (TPSA) is 79.5 Å². The van der Waals surface area contributed by atoms with Gasteiger partial charge in [-0.05, 0) is 55.5 Å². The van der Waals surface area contributed by atoms with E-state index < -0.39 is 0 Å². The average molecular weight is 442 g/mol. The molecule has 1 aromatic carbocycles. The summed E-state index contributed by atoms with van der Waals surface area (Å²) in [6.45, 7) is 6.98. The molecule has 9 heteroatoms. The summed E-state index contributed by atoms with van der Waals surface area (Å²) < 4.78 is 13.3. The Bertz CT molecular complexity index is 1030. The first-order valence-electron chi connectivity index (χ1n) is 10.5. The fourth-order valence-corrected chi connectivity index (χ4v) is 3.98. The van der Waals surface area contributed by atoms with Gasteiger partial charge >= 0.3 is 0 Å². The molecule has 0 spiro atoms. The quantitative estimate of drug-likeness (QED) is 0.540. The number of ether oxygens (including phenoxy) is 1. The van der Waals surface area contributed by atoms with Gasteiger partial charge < -0.3 is 14.1 Å². The molecular weight excluding hydrogens is 414 g/mol. The lowest BCUT2D eigenvalue weighted by Crippen LogP contribution is -2.48. The molecule has 1 N–H and O–H groups in total. The van der Waals surface area contributed by atoms with Crippen LogP contribution >= 0.6 is 12.2 Å². The number of benzene rings is 1. The number of carbonyl (C=O) groups excluding carboxylic acids is 1. The highest BCUT2D eigenvalue weighted by Crippen LogP contribution is 2.21. The van der Waals surface area contributed by atoms with Gasteiger partial charge in [-0.15, -0.1) is 0 Å². The molecule has 0 radical (unpaired) electrons. The van der Waals surface area contributed by atoms with E-state index in [-0.39, 0.29) is 5.91 Å². The van der Waals surface area contributed by atoms with Crippen LogP contribution in [0, 0.1) is 4.77 Å². The number of furan rings is 1. The molecule has 1 aliphatic heterocycles. The van der Waals surface area contributed by atoms with Crippen LogP contribution in [-0.4, -0.2) is 63.3 Å². The number of amides is 1. The predicted molar refractivity (Wildman–Crippen MR) is 119 cm³/mol. The van der Waals surface area contributed by atoms with Crippen molar-refractivity contribution in [1.29, 1.82) is 0 Å². The molecular formula is C22H27N5O3S. The minimum atomic E-state index is 0.137. The fourth-order valence-electron chi connectivity index (χ4n) is 3.76. The minimum absolute atomic E-state index is 0.137. The number of piperazine rings is 1. The first-order valence-corrected chi connectivity index (χ1v) is 11.0. The molecule has 1 amide bonds. The monoisotopic (exact) mass is 441 g/mol. The van der Waals surface area contributed by atoms with Gasteiger partial charge in [-0.25, -0.2) is 0 Å². The molecule has 1 saturated heterocycles. The maximum Gasteiger partial charge on any atom is 0.224 e. The van der Waals surface area contributed by atoms with Gasteiger partial charge in [0.15, 0.2) is 10.6 Å². The largest absolute Gasteiger partial charge is 0.494 e. The van der Waals surface area contributed by atoms with Crippen molar-refractivity contribution in [2.24, 2.45) is 0 Å². The lowest BCUT2D eigenvalue weighted by atomic mass is 10.2. The molecule has 1 aliphatic rings. The van der Waals surface area contributed by atoms with Gasteiger partial charge in [-0.1, -0.05) is 0 Å². The highest BCUT2D eigenvalue weighted by Gasteiger charge is 2.22. The number of carbonyl (C=O) groups is 1. The summed E-state index contributed by atoms with van der Waals surface area (Å²) in [6.07, 6.45) is 2.08. The second-order valence-corrected chi connectivity index (χ2v) is 7.83. The van der Waals surface area contributed by atoms with Crippen LogP contribution in [0.15, 0.2) is 47.1 Å². The third-order valence-electron chi connectivity index (χ3n) is 5.42. The van der Waals surface area contributed by atoms with E-state index in [0.29, 0.717) is 24.3 Å². The van der Waals surface area contributed by atoms with Crippen molar-refractivity contribution in [3.63, 3.8) is 0 Å². The Morgan fingerprint density at radius 3 is 2.65 bits per heavy atom. The summed E-state index contributed by atoms with van der Waals surface area (Å²) in [4.78, 5) is 17.0. The first-order chi connectivity index (χ1) is 15.1. The zero-order valence-electron chi connectivity index (χ0n) is 17.6. The van der Waals surface area contributed by atoms with Crippen LogP contribution in [0.1, 0.15) is 19.1 Å². The molecule has 8 nitrogen and oxygen atoms in total. The summed E-state index contributed by atoms with van der Waals surface area (Å²) >= 11 is 5.40. The average Bonchev–Trinajstić information content (AvgIpc) is 3.43. The van der Waals surface area contributed by atoms with Crippen LogP contribution in [0.5, 0.6) is 5.75 Å². The Balaban J connectivity index is 1.33. The highest BCUT2D eigenvalue weighted by molar-refractivity contribution is 7.71. The van der Waals surface area contributed by atoms with Crippen molar-refractivity contribution in [3.05, 3.63) is 53.2 Å². The van der Waals surface area contributed by atoms with Crippen molar-refractivity contribution in [2.75, 3.05) is 32.8 Å². The summed E-state index contributed by atoms with van der Waals surface area (Å²) in [7, 11) is 0. The molecule has 164 valence electrons. The Kier molecular flexibility index (Phi) is 6.83.